The number of aliphatic hydroxyl groups excluding tert-OH is 1. The summed E-state index contributed by atoms with van der Waals surface area (Å²) in [5.41, 5.74) is 3.49. The van der Waals surface area contributed by atoms with Crippen LogP contribution in [0, 0.1) is 0 Å². The van der Waals surface area contributed by atoms with Crippen molar-refractivity contribution in [3.63, 3.8) is 0 Å². The molecule has 110 valence electrons. The van der Waals surface area contributed by atoms with E-state index in [9.17, 15) is 0 Å². The van der Waals surface area contributed by atoms with Crippen molar-refractivity contribution in [1.29, 1.82) is 0 Å². The summed E-state index contributed by atoms with van der Waals surface area (Å²) >= 11 is 0. The van der Waals surface area contributed by atoms with E-state index in [4.69, 9.17) is 5.11 Å². The average Bonchev–Trinajstić information content (AvgIpc) is 2.56. The summed E-state index contributed by atoms with van der Waals surface area (Å²) in [7, 11) is 0. The predicted molar refractivity (Wildman–Crippen MR) is 87.8 cm³/mol. The average molecular weight is 281 g/mol. The first-order chi connectivity index (χ1) is 10.3. The summed E-state index contributed by atoms with van der Waals surface area (Å²) in [5, 5.41) is 12.7. The minimum atomic E-state index is 0.0969. The topological polar surface area (TPSA) is 32.3 Å². The van der Waals surface area contributed by atoms with E-state index in [0.717, 1.165) is 24.9 Å². The van der Waals surface area contributed by atoms with E-state index in [1.54, 1.807) is 0 Å². The fourth-order valence-corrected chi connectivity index (χ4v) is 2.36. The van der Waals surface area contributed by atoms with Crippen LogP contribution in [0.3, 0.4) is 0 Å². The van der Waals surface area contributed by atoms with Gasteiger partial charge < -0.3 is 10.4 Å². The summed E-state index contributed by atoms with van der Waals surface area (Å²) in [4.78, 5) is 0. The van der Waals surface area contributed by atoms with E-state index >= 15 is 0 Å². The summed E-state index contributed by atoms with van der Waals surface area (Å²) < 4.78 is 0. The van der Waals surface area contributed by atoms with Crippen molar-refractivity contribution in [2.75, 3.05) is 0 Å². The van der Waals surface area contributed by atoms with E-state index in [2.05, 4.69) is 48.3 Å². The van der Waals surface area contributed by atoms with Gasteiger partial charge in [0.25, 0.3) is 0 Å². The number of hydrogen-bond acceptors (Lipinski definition) is 2. The Morgan fingerprint density at radius 3 is 2.29 bits per heavy atom. The second-order valence-electron chi connectivity index (χ2n) is 5.18. The molecule has 2 aromatic rings. The molecule has 0 aliphatic heterocycles. The van der Waals surface area contributed by atoms with Crippen LogP contribution in [0.15, 0.2) is 67.3 Å². The van der Waals surface area contributed by atoms with Crippen LogP contribution < -0.4 is 5.32 Å². The summed E-state index contributed by atoms with van der Waals surface area (Å²) in [6, 6.07) is 18.9. The fourth-order valence-electron chi connectivity index (χ4n) is 2.36. The third kappa shape index (κ3) is 4.85. The number of benzene rings is 2. The molecule has 0 radical (unpaired) electrons. The summed E-state index contributed by atoms with van der Waals surface area (Å²) in [6.07, 6.45) is 4.01. The molecule has 1 unspecified atom stereocenters. The Bertz CT molecular complexity index is 533. The predicted octanol–water partition coefficient (Wildman–Crippen LogP) is 3.98. The molecule has 2 rings (SSSR count). The van der Waals surface area contributed by atoms with Gasteiger partial charge in [0.15, 0.2) is 0 Å². The van der Waals surface area contributed by atoms with Crippen molar-refractivity contribution in [3.05, 3.63) is 83.9 Å². The molecule has 0 saturated carbocycles. The zero-order chi connectivity index (χ0) is 14.9. The largest absolute Gasteiger partial charge is 0.392 e. The van der Waals surface area contributed by atoms with Crippen LogP contribution in [0.1, 0.15) is 35.6 Å². The van der Waals surface area contributed by atoms with Crippen LogP contribution in [0.4, 0.5) is 0 Å². The second-order valence-corrected chi connectivity index (χ2v) is 5.18. The van der Waals surface area contributed by atoms with Gasteiger partial charge in [-0.3, -0.25) is 0 Å². The van der Waals surface area contributed by atoms with Crippen LogP contribution in [0.2, 0.25) is 0 Å². The van der Waals surface area contributed by atoms with E-state index < -0.39 is 0 Å². The molecule has 0 aliphatic carbocycles. The van der Waals surface area contributed by atoms with E-state index in [1.165, 1.54) is 11.1 Å². The molecule has 1 atom stereocenters. The number of nitrogens with one attached hydrogen (secondary N) is 1. The molecule has 2 heteroatoms. The number of allylic oxidation sites excluding steroid dienone is 1. The third-order valence-corrected chi connectivity index (χ3v) is 3.62. The molecule has 0 saturated heterocycles. The molecule has 0 heterocycles. The Labute approximate surface area is 127 Å². The number of rotatable bonds is 8. The lowest BCUT2D eigenvalue weighted by atomic mass is 10.0. The highest BCUT2D eigenvalue weighted by molar-refractivity contribution is 5.23. The Balaban J connectivity index is 1.99. The smallest absolute Gasteiger partial charge is 0.0681 e. The molecule has 0 bridgehead atoms. The molecule has 0 spiro atoms. The van der Waals surface area contributed by atoms with Crippen LogP contribution in [-0.4, -0.2) is 5.11 Å². The van der Waals surface area contributed by atoms with E-state index in [1.807, 2.05) is 24.3 Å². The maximum atomic E-state index is 9.07. The summed E-state index contributed by atoms with van der Waals surface area (Å²) in [5.74, 6) is 0. The van der Waals surface area contributed by atoms with Gasteiger partial charge in [0.1, 0.15) is 0 Å². The van der Waals surface area contributed by atoms with Gasteiger partial charge in [-0.05, 0) is 29.5 Å². The van der Waals surface area contributed by atoms with Crippen LogP contribution in [0.5, 0.6) is 0 Å². The quantitative estimate of drug-likeness (QED) is 0.717. The first-order valence-corrected chi connectivity index (χ1v) is 7.41. The molecular formula is C19H23NO. The van der Waals surface area contributed by atoms with Crippen molar-refractivity contribution in [3.8, 4) is 0 Å². The van der Waals surface area contributed by atoms with Gasteiger partial charge in [0.05, 0.1) is 6.61 Å². The maximum absolute atomic E-state index is 9.07. The van der Waals surface area contributed by atoms with Crippen molar-refractivity contribution in [2.24, 2.45) is 0 Å². The second kappa shape index (κ2) is 8.40. The minimum absolute atomic E-state index is 0.0969. The standard InChI is InChI=1S/C19H23NO/c1-2-3-9-19(18-7-5-4-6-8-18)20-14-16-10-12-17(15-21)13-11-16/h2,4-8,10-13,19-21H,1,3,9,14-15H2. The van der Waals surface area contributed by atoms with Gasteiger partial charge in [-0.2, -0.15) is 0 Å². The van der Waals surface area contributed by atoms with Crippen molar-refractivity contribution in [2.45, 2.75) is 32.0 Å². The van der Waals surface area contributed by atoms with E-state index in [0.29, 0.717) is 6.04 Å². The van der Waals surface area contributed by atoms with Gasteiger partial charge in [-0.15, -0.1) is 6.58 Å². The molecular weight excluding hydrogens is 258 g/mol. The van der Waals surface area contributed by atoms with Crippen molar-refractivity contribution < 1.29 is 5.11 Å². The fraction of sp³-hybridized carbons (Fsp3) is 0.263. The molecule has 0 aromatic heterocycles. The van der Waals surface area contributed by atoms with Gasteiger partial charge >= 0.3 is 0 Å². The third-order valence-electron chi connectivity index (χ3n) is 3.62. The zero-order valence-electron chi connectivity index (χ0n) is 12.3. The first kappa shape index (κ1) is 15.5. The Hall–Kier alpha value is -1.90. The minimum Gasteiger partial charge on any atom is -0.392 e. The van der Waals surface area contributed by atoms with E-state index in [-0.39, 0.29) is 6.61 Å². The lowest BCUT2D eigenvalue weighted by Gasteiger charge is -2.19. The maximum Gasteiger partial charge on any atom is 0.0681 e. The summed E-state index contributed by atoms with van der Waals surface area (Å²) in [6.45, 7) is 4.73. The number of aliphatic hydroxyl groups is 1. The highest BCUT2D eigenvalue weighted by Crippen LogP contribution is 2.19. The van der Waals surface area contributed by atoms with Crippen molar-refractivity contribution >= 4 is 0 Å². The van der Waals surface area contributed by atoms with Crippen LogP contribution in [-0.2, 0) is 13.2 Å². The number of hydrogen-bond donors (Lipinski definition) is 2. The Kier molecular flexibility index (Phi) is 6.20. The highest BCUT2D eigenvalue weighted by Gasteiger charge is 2.09. The Morgan fingerprint density at radius 2 is 1.67 bits per heavy atom. The SMILES string of the molecule is C=CCCC(NCc1ccc(CO)cc1)c1ccccc1. The van der Waals surface area contributed by atoms with Crippen molar-refractivity contribution in [1.82, 2.24) is 5.32 Å². The highest BCUT2D eigenvalue weighted by atomic mass is 16.3. The molecule has 0 aliphatic rings. The molecule has 2 nitrogen and oxygen atoms in total. The monoisotopic (exact) mass is 281 g/mol. The lowest BCUT2D eigenvalue weighted by Crippen LogP contribution is -2.20. The normalized spacial score (nSPS) is 12.0. The van der Waals surface area contributed by atoms with Gasteiger partial charge in [0, 0.05) is 12.6 Å². The van der Waals surface area contributed by atoms with Gasteiger partial charge in [-0.1, -0.05) is 60.7 Å². The first-order valence-electron chi connectivity index (χ1n) is 7.41. The molecule has 21 heavy (non-hydrogen) atoms. The molecule has 0 amide bonds. The van der Waals surface area contributed by atoms with Gasteiger partial charge in [0.2, 0.25) is 0 Å². The lowest BCUT2D eigenvalue weighted by molar-refractivity contribution is 0.282. The molecule has 2 N–H and O–H groups in total. The zero-order valence-corrected chi connectivity index (χ0v) is 12.3. The molecule has 0 fully saturated rings. The van der Waals surface area contributed by atoms with Crippen LogP contribution >= 0.6 is 0 Å². The van der Waals surface area contributed by atoms with Crippen LogP contribution in [0.25, 0.3) is 0 Å². The molecule has 2 aromatic carbocycles. The Morgan fingerprint density at radius 1 is 1.00 bits per heavy atom. The van der Waals surface area contributed by atoms with Gasteiger partial charge in [-0.25, -0.2) is 0 Å².